The summed E-state index contributed by atoms with van der Waals surface area (Å²) in [4.78, 5) is 32.1. The van der Waals surface area contributed by atoms with Crippen LogP contribution in [-0.2, 0) is 11.3 Å². The van der Waals surface area contributed by atoms with E-state index in [0.29, 0.717) is 53.8 Å². The molecule has 1 atom stereocenters. The van der Waals surface area contributed by atoms with Gasteiger partial charge >= 0.3 is 0 Å². The quantitative estimate of drug-likeness (QED) is 0.394. The summed E-state index contributed by atoms with van der Waals surface area (Å²) in [5, 5.41) is 15.2. The molecule has 2 aromatic carbocycles. The van der Waals surface area contributed by atoms with Gasteiger partial charge in [0.2, 0.25) is 0 Å². The summed E-state index contributed by atoms with van der Waals surface area (Å²) >= 11 is 6.43. The summed E-state index contributed by atoms with van der Waals surface area (Å²) in [5.41, 5.74) is 0.568. The summed E-state index contributed by atoms with van der Waals surface area (Å²) in [7, 11) is 0. The standard InChI is InChI=1S/C25H23ClN4O3.C5H11NO/c26-21-15-20-22(30(21)19-9-5-2-6-10-19)27-17-29(24(20)32)16-25(33)11-13-28(14-12-25)23(31)18-7-3-1-4-8-18;1-5-4-6-2-3-7-5/h1-10,15,17,33H,11-14,16H2;5-6H,2-4H2,1H3. The Kier molecular flexibility index (Phi) is 8.66. The molecule has 0 radical (unpaired) electrons. The number of piperidine rings is 1. The summed E-state index contributed by atoms with van der Waals surface area (Å²) in [6, 6.07) is 20.2. The normalized spacial score (nSPS) is 18.7. The van der Waals surface area contributed by atoms with Crippen LogP contribution in [0.5, 0.6) is 0 Å². The summed E-state index contributed by atoms with van der Waals surface area (Å²) in [6.45, 7) is 5.93. The van der Waals surface area contributed by atoms with E-state index in [9.17, 15) is 14.7 Å². The lowest BCUT2D eigenvalue weighted by molar-refractivity contribution is -0.0299. The van der Waals surface area contributed by atoms with Crippen molar-refractivity contribution < 1.29 is 14.6 Å². The van der Waals surface area contributed by atoms with Crippen LogP contribution in [0.15, 0.2) is 77.9 Å². The third-order valence-electron chi connectivity index (χ3n) is 7.33. The highest BCUT2D eigenvalue weighted by Crippen LogP contribution is 2.27. The number of morpholine rings is 1. The van der Waals surface area contributed by atoms with Crippen molar-refractivity contribution in [2.24, 2.45) is 0 Å². The van der Waals surface area contributed by atoms with Gasteiger partial charge in [0.05, 0.1) is 30.2 Å². The van der Waals surface area contributed by atoms with Crippen molar-refractivity contribution in [3.05, 3.63) is 94.1 Å². The van der Waals surface area contributed by atoms with Crippen LogP contribution in [0.2, 0.25) is 5.15 Å². The number of nitrogens with one attached hydrogen (secondary N) is 1. The first kappa shape index (κ1) is 28.0. The van der Waals surface area contributed by atoms with E-state index in [1.54, 1.807) is 27.7 Å². The molecular formula is C30H34ClN5O4. The number of carbonyl (C=O) groups is 1. The number of aromatic nitrogens is 3. The minimum Gasteiger partial charge on any atom is -0.388 e. The second kappa shape index (κ2) is 12.3. The van der Waals surface area contributed by atoms with Crippen molar-refractivity contribution >= 4 is 28.5 Å². The van der Waals surface area contributed by atoms with Crippen LogP contribution in [-0.4, -0.2) is 74.5 Å². The Morgan fingerprint density at radius 1 is 1.12 bits per heavy atom. The Balaban J connectivity index is 0.000000403. The molecule has 210 valence electrons. The van der Waals surface area contributed by atoms with Gasteiger partial charge in [-0.25, -0.2) is 4.98 Å². The first-order valence-corrected chi connectivity index (χ1v) is 13.9. The molecule has 2 aliphatic rings. The molecule has 4 heterocycles. The molecule has 40 heavy (non-hydrogen) atoms. The second-order valence-corrected chi connectivity index (χ2v) is 10.7. The maximum Gasteiger partial charge on any atom is 0.262 e. The maximum absolute atomic E-state index is 13.2. The fourth-order valence-electron chi connectivity index (χ4n) is 5.08. The van der Waals surface area contributed by atoms with Gasteiger partial charge in [0.15, 0.2) is 5.65 Å². The SMILES string of the molecule is CC1CNCCO1.O=C(c1ccccc1)N1CCC(O)(Cn2cnc3c(cc(Cl)n3-c3ccccc3)c2=O)CC1. The summed E-state index contributed by atoms with van der Waals surface area (Å²) < 4.78 is 8.38. The highest BCUT2D eigenvalue weighted by molar-refractivity contribution is 6.31. The number of amides is 1. The number of hydrogen-bond acceptors (Lipinski definition) is 6. The van der Waals surface area contributed by atoms with Gasteiger partial charge in [-0.15, -0.1) is 0 Å². The average molecular weight is 564 g/mol. The lowest BCUT2D eigenvalue weighted by Crippen LogP contribution is -2.49. The minimum absolute atomic E-state index is 0.0465. The molecule has 0 spiro atoms. The monoisotopic (exact) mass is 563 g/mol. The predicted molar refractivity (Wildman–Crippen MR) is 155 cm³/mol. The molecule has 9 nitrogen and oxygen atoms in total. The molecule has 0 saturated carbocycles. The van der Waals surface area contributed by atoms with Gasteiger partial charge in [-0.05, 0) is 50.1 Å². The lowest BCUT2D eigenvalue weighted by atomic mass is 9.91. The van der Waals surface area contributed by atoms with Crippen molar-refractivity contribution in [3.63, 3.8) is 0 Å². The largest absolute Gasteiger partial charge is 0.388 e. The number of benzene rings is 2. The van der Waals surface area contributed by atoms with Crippen molar-refractivity contribution in [2.45, 2.75) is 38.0 Å². The van der Waals surface area contributed by atoms with Crippen LogP contribution in [0.1, 0.15) is 30.1 Å². The summed E-state index contributed by atoms with van der Waals surface area (Å²) in [6.07, 6.45) is 2.64. The number of likely N-dealkylation sites (tertiary alicyclic amines) is 1. The molecule has 2 aromatic heterocycles. The van der Waals surface area contributed by atoms with E-state index in [2.05, 4.69) is 17.2 Å². The highest BCUT2D eigenvalue weighted by atomic mass is 35.5. The number of carbonyl (C=O) groups excluding carboxylic acids is 1. The van der Waals surface area contributed by atoms with Gasteiger partial charge in [0.25, 0.3) is 11.5 Å². The molecule has 0 bridgehead atoms. The molecule has 10 heteroatoms. The number of para-hydroxylation sites is 1. The minimum atomic E-state index is -1.10. The zero-order valence-corrected chi connectivity index (χ0v) is 23.3. The van der Waals surface area contributed by atoms with E-state index >= 15 is 0 Å². The van der Waals surface area contributed by atoms with E-state index in [1.165, 1.54) is 10.9 Å². The first-order chi connectivity index (χ1) is 19.3. The maximum atomic E-state index is 13.2. The molecule has 1 unspecified atom stereocenters. The highest BCUT2D eigenvalue weighted by Gasteiger charge is 2.35. The van der Waals surface area contributed by atoms with Gasteiger partial charge in [-0.2, -0.15) is 0 Å². The van der Waals surface area contributed by atoms with E-state index < -0.39 is 5.60 Å². The van der Waals surface area contributed by atoms with Crippen molar-refractivity contribution in [3.8, 4) is 5.69 Å². The Morgan fingerprint density at radius 3 is 2.40 bits per heavy atom. The summed E-state index contributed by atoms with van der Waals surface area (Å²) in [5.74, 6) is -0.0465. The molecule has 2 N–H and O–H groups in total. The van der Waals surface area contributed by atoms with E-state index in [4.69, 9.17) is 16.3 Å². The molecule has 4 aromatic rings. The van der Waals surface area contributed by atoms with Gasteiger partial charge in [-0.3, -0.25) is 18.7 Å². The number of nitrogens with zero attached hydrogens (tertiary/aromatic N) is 4. The van der Waals surface area contributed by atoms with Gasteiger partial charge < -0.3 is 20.1 Å². The number of ether oxygens (including phenoxy) is 1. The Hall–Kier alpha value is -3.50. The first-order valence-electron chi connectivity index (χ1n) is 13.6. The van der Waals surface area contributed by atoms with Crippen LogP contribution in [0.4, 0.5) is 0 Å². The van der Waals surface area contributed by atoms with Crippen LogP contribution >= 0.6 is 11.6 Å². The molecule has 2 saturated heterocycles. The van der Waals surface area contributed by atoms with Crippen molar-refractivity contribution in [2.75, 3.05) is 32.8 Å². The zero-order valence-electron chi connectivity index (χ0n) is 22.5. The second-order valence-electron chi connectivity index (χ2n) is 10.3. The van der Waals surface area contributed by atoms with Crippen LogP contribution < -0.4 is 10.9 Å². The average Bonchev–Trinajstić information content (AvgIpc) is 3.33. The molecular weight excluding hydrogens is 530 g/mol. The molecule has 0 aliphatic carbocycles. The van der Waals surface area contributed by atoms with E-state index in [-0.39, 0.29) is 18.0 Å². The topological polar surface area (TPSA) is 102 Å². The smallest absolute Gasteiger partial charge is 0.262 e. The number of rotatable bonds is 4. The Morgan fingerprint density at radius 2 is 1.80 bits per heavy atom. The van der Waals surface area contributed by atoms with Gasteiger partial charge in [-0.1, -0.05) is 48.0 Å². The predicted octanol–water partition coefficient (Wildman–Crippen LogP) is 3.50. The third kappa shape index (κ3) is 6.28. The van der Waals surface area contributed by atoms with Crippen LogP contribution in [0, 0.1) is 0 Å². The molecule has 6 rings (SSSR count). The van der Waals surface area contributed by atoms with Crippen molar-refractivity contribution in [1.82, 2.24) is 24.3 Å². The van der Waals surface area contributed by atoms with Crippen LogP contribution in [0.3, 0.4) is 0 Å². The molecule has 2 aliphatic heterocycles. The van der Waals surface area contributed by atoms with Gasteiger partial charge in [0, 0.05) is 37.4 Å². The third-order valence-corrected chi connectivity index (χ3v) is 7.61. The fraction of sp³-hybridized carbons (Fsp3) is 0.367. The molecule has 1 amide bonds. The van der Waals surface area contributed by atoms with E-state index in [1.807, 2.05) is 48.5 Å². The zero-order chi connectivity index (χ0) is 28.1. The van der Waals surface area contributed by atoms with Crippen molar-refractivity contribution in [1.29, 1.82) is 0 Å². The molecule has 2 fully saturated rings. The van der Waals surface area contributed by atoms with Crippen LogP contribution in [0.25, 0.3) is 16.7 Å². The number of fused-ring (bicyclic) bond motifs is 1. The fourth-order valence-corrected chi connectivity index (χ4v) is 5.37. The Bertz CT molecular complexity index is 1490. The number of halogens is 1. The van der Waals surface area contributed by atoms with Gasteiger partial charge in [0.1, 0.15) is 11.5 Å². The number of aliphatic hydroxyl groups is 1. The lowest BCUT2D eigenvalue weighted by Gasteiger charge is -2.38. The Labute approximate surface area is 238 Å². The number of hydrogen-bond donors (Lipinski definition) is 2. The van der Waals surface area contributed by atoms with E-state index in [0.717, 1.165) is 25.4 Å².